The monoisotopic (exact) mass is 1120 g/mol. The molecule has 436 valence electrons. The second-order valence-corrected chi connectivity index (χ2v) is 20.1. The normalized spacial score (nSPS) is 14.2. The molecule has 1 aliphatic heterocycles. The fourth-order valence-electron chi connectivity index (χ4n) is 8.62. The molecule has 0 saturated heterocycles. The summed E-state index contributed by atoms with van der Waals surface area (Å²) >= 11 is 0. The average Bonchev–Trinajstić information content (AvgIpc) is 4.15. The van der Waals surface area contributed by atoms with Gasteiger partial charge in [-0.3, -0.25) is 52.8 Å². The van der Waals surface area contributed by atoms with Crippen LogP contribution < -0.4 is 27.0 Å². The smallest absolute Gasteiger partial charge is 0.254 e. The van der Waals surface area contributed by atoms with Crippen molar-refractivity contribution in [2.24, 2.45) is 11.1 Å². The van der Waals surface area contributed by atoms with Crippen LogP contribution in [0, 0.1) is 17.0 Å². The minimum atomic E-state index is -1.75. The molecule has 5 atom stereocenters. The summed E-state index contributed by atoms with van der Waals surface area (Å²) in [5.41, 5.74) is 6.08. The van der Waals surface area contributed by atoms with Crippen LogP contribution in [-0.4, -0.2) is 181 Å². The largest absolute Gasteiger partial charge is 0.387 e. The fraction of sp³-hybridized carbons (Fsp3) is 0.491. The van der Waals surface area contributed by atoms with Gasteiger partial charge in [0, 0.05) is 75.4 Å². The first kappa shape index (κ1) is 64.8. The van der Waals surface area contributed by atoms with E-state index in [2.05, 4.69) is 21.3 Å². The van der Waals surface area contributed by atoms with Crippen LogP contribution in [0.1, 0.15) is 77.6 Å². The van der Waals surface area contributed by atoms with E-state index in [1.807, 2.05) is 30.3 Å². The van der Waals surface area contributed by atoms with Crippen molar-refractivity contribution in [2.75, 3.05) is 73.4 Å². The molecule has 0 unspecified atom stereocenters. The number of likely N-dealkylation sites (N-methyl/N-ethyl adjacent to an activating group) is 1. The van der Waals surface area contributed by atoms with E-state index in [1.165, 1.54) is 32.9 Å². The number of rotatable bonds is 33. The van der Waals surface area contributed by atoms with Crippen molar-refractivity contribution in [1.29, 1.82) is 0 Å². The Balaban J connectivity index is 1.62. The first-order chi connectivity index (χ1) is 37.9. The zero-order valence-corrected chi connectivity index (χ0v) is 46.1. The average molecular weight is 1120 g/mol. The van der Waals surface area contributed by atoms with Crippen LogP contribution >= 0.6 is 0 Å². The van der Waals surface area contributed by atoms with E-state index in [0.717, 1.165) is 45.7 Å². The van der Waals surface area contributed by atoms with Crippen molar-refractivity contribution < 1.29 is 76.0 Å². The molecule has 0 fully saturated rings. The highest BCUT2D eigenvalue weighted by molar-refractivity contribution is 6.14. The van der Waals surface area contributed by atoms with Gasteiger partial charge in [0.05, 0.1) is 45.4 Å². The van der Waals surface area contributed by atoms with Gasteiger partial charge in [0.2, 0.25) is 41.4 Å². The van der Waals surface area contributed by atoms with Crippen molar-refractivity contribution in [3.63, 3.8) is 0 Å². The Morgan fingerprint density at radius 3 is 2.11 bits per heavy atom. The van der Waals surface area contributed by atoms with E-state index >= 15 is 4.39 Å². The minimum Gasteiger partial charge on any atom is -0.387 e. The van der Waals surface area contributed by atoms with Crippen LogP contribution in [0.3, 0.4) is 0 Å². The Morgan fingerprint density at radius 2 is 1.48 bits per heavy atom. The lowest BCUT2D eigenvalue weighted by atomic mass is 9.82. The molecule has 2 heterocycles. The number of ketones is 1. The molecule has 7 N–H and O–H groups in total. The van der Waals surface area contributed by atoms with Gasteiger partial charge in [0.15, 0.2) is 5.78 Å². The summed E-state index contributed by atoms with van der Waals surface area (Å²) in [7, 11) is 2.79. The molecule has 0 aliphatic carbocycles. The Labute approximate surface area is 462 Å². The van der Waals surface area contributed by atoms with Gasteiger partial charge in [0.25, 0.3) is 11.8 Å². The number of nitrogens with two attached hydrogens (primary N) is 1. The summed E-state index contributed by atoms with van der Waals surface area (Å²) < 4.78 is 47.3. The van der Waals surface area contributed by atoms with Crippen LogP contribution in [0.25, 0.3) is 11.1 Å². The fourth-order valence-corrected chi connectivity index (χ4v) is 8.62. The first-order valence-electron chi connectivity index (χ1n) is 25.9. The predicted octanol–water partition coefficient (Wildman–Crippen LogP) is 1.05. The number of imide groups is 1. The highest BCUT2D eigenvalue weighted by Crippen LogP contribution is 2.41. The molecule has 23 nitrogen and oxygen atoms in total. The predicted molar refractivity (Wildman–Crippen MR) is 285 cm³/mol. The second kappa shape index (κ2) is 31.2. The minimum absolute atomic E-state index is 0.00837. The zero-order valence-electron chi connectivity index (χ0n) is 46.1. The molecular formula is C55H73F2N9O14. The van der Waals surface area contributed by atoms with E-state index in [1.54, 1.807) is 37.6 Å². The number of aliphatic hydroxyl groups excluding tert-OH is 1. The van der Waals surface area contributed by atoms with Crippen molar-refractivity contribution in [2.45, 2.75) is 97.1 Å². The maximum atomic E-state index is 15.4. The van der Waals surface area contributed by atoms with E-state index in [0.29, 0.717) is 18.9 Å². The van der Waals surface area contributed by atoms with Gasteiger partial charge in [-0.1, -0.05) is 51.1 Å². The van der Waals surface area contributed by atoms with Crippen molar-refractivity contribution in [3.05, 3.63) is 95.8 Å². The molecule has 80 heavy (non-hydrogen) atoms. The van der Waals surface area contributed by atoms with E-state index < -0.39 is 139 Å². The third kappa shape index (κ3) is 19.6. The van der Waals surface area contributed by atoms with E-state index in [9.17, 15) is 57.4 Å². The number of primary amides is 1. The molecule has 0 bridgehead atoms. The Morgan fingerprint density at radius 1 is 0.825 bits per heavy atom. The van der Waals surface area contributed by atoms with Crippen LogP contribution in [0.15, 0.2) is 72.9 Å². The molecule has 0 radical (unpaired) electrons. The van der Waals surface area contributed by atoms with E-state index in [4.69, 9.17) is 19.9 Å². The maximum Gasteiger partial charge on any atom is 0.254 e. The van der Waals surface area contributed by atoms with Gasteiger partial charge in [-0.15, -0.1) is 0 Å². The standard InChI is InChI=1S/C55H73F2N9O14/c1-34(60-46(70)33-80-25-24-79-23-22-78-7)54(77)63(6)35(2)51(74)62-43(28-45(58)69)53(76)61-42(52(75)59-20-11-14-39(68)31-66-47(71)17-18-48(66)72)19-21-65(49(73)32-67)50(55(3,4)5)44-26-37(40-27-38(56)15-16-41(40)57)30-64(44)29-36-12-9-8-10-13-36/h8-10,12-13,15-18,26-27,30,34-35,42-43,50,67H,11,14,19-25,28-29,31-33H2,1-7H3,(H2,58,69)(H,59,75)(H,60,70)(H,61,76)(H,62,74)/t34-,35-,42-,43-,50-/m0/s1. The Hall–Kier alpha value is -7.74. The molecule has 0 saturated carbocycles. The molecule has 0 spiro atoms. The van der Waals surface area contributed by atoms with Crippen LogP contribution in [0.2, 0.25) is 0 Å². The van der Waals surface area contributed by atoms with Crippen molar-refractivity contribution >= 4 is 58.9 Å². The third-order valence-electron chi connectivity index (χ3n) is 12.8. The number of halogens is 2. The number of aliphatic hydroxyl groups is 1. The number of ether oxygens (including phenoxy) is 3. The molecule has 2 aromatic carbocycles. The van der Waals surface area contributed by atoms with Gasteiger partial charge in [-0.25, -0.2) is 8.78 Å². The summed E-state index contributed by atoms with van der Waals surface area (Å²) in [6, 6.07) is 6.97. The number of Topliss-reactive ketones (excluding diaryl/α,β-unsaturated/α-hetero) is 1. The van der Waals surface area contributed by atoms with Crippen LogP contribution in [0.4, 0.5) is 8.78 Å². The summed E-state index contributed by atoms with van der Waals surface area (Å²) in [6.45, 7) is 6.84. The summed E-state index contributed by atoms with van der Waals surface area (Å²) in [6.07, 6.45) is 2.31. The number of aromatic nitrogens is 1. The Kier molecular flexibility index (Phi) is 25.2. The summed E-state index contributed by atoms with van der Waals surface area (Å²) in [5.74, 6) is -9.34. The number of nitrogens with one attached hydrogen (secondary N) is 4. The SMILES string of the molecule is COCCOCCOCC(=O)N[C@@H](C)C(=O)N(C)[C@@H](C)C(=O)N[C@@H](CC(N)=O)C(=O)N[C@@H](CCN(C(=O)CO)[C@@H](c1cc(-c2cc(F)ccc2F)cn1Cc1ccccc1)C(C)(C)C)C(=O)NCCCC(=O)CN1C(=O)C=CC1=O. The van der Waals surface area contributed by atoms with Gasteiger partial charge < -0.3 is 60.7 Å². The first-order valence-corrected chi connectivity index (χ1v) is 25.9. The van der Waals surface area contributed by atoms with Crippen LogP contribution in [-0.2, 0) is 68.7 Å². The van der Waals surface area contributed by atoms with Gasteiger partial charge in [-0.2, -0.15) is 0 Å². The number of amides is 9. The number of carbonyl (C=O) groups excluding carboxylic acids is 10. The lowest BCUT2D eigenvalue weighted by Gasteiger charge is -2.41. The van der Waals surface area contributed by atoms with Gasteiger partial charge >= 0.3 is 0 Å². The summed E-state index contributed by atoms with van der Waals surface area (Å²) in [5, 5.41) is 20.6. The highest BCUT2D eigenvalue weighted by atomic mass is 19.1. The third-order valence-corrected chi connectivity index (χ3v) is 12.8. The molecule has 1 aromatic heterocycles. The Bertz CT molecular complexity index is 2700. The topological polar surface area (TPSA) is 307 Å². The lowest BCUT2D eigenvalue weighted by molar-refractivity contribution is -0.142. The number of hydrogen-bond donors (Lipinski definition) is 6. The molecule has 4 rings (SSSR count). The van der Waals surface area contributed by atoms with Crippen molar-refractivity contribution in [3.8, 4) is 11.1 Å². The molecular weight excluding hydrogens is 1050 g/mol. The van der Waals surface area contributed by atoms with Crippen molar-refractivity contribution in [1.82, 2.24) is 40.5 Å². The maximum absolute atomic E-state index is 15.4. The second-order valence-electron chi connectivity index (χ2n) is 20.1. The lowest BCUT2D eigenvalue weighted by Crippen LogP contribution is -2.58. The summed E-state index contributed by atoms with van der Waals surface area (Å²) in [4.78, 5) is 135. The molecule has 3 aromatic rings. The number of carbonyl (C=O) groups is 10. The number of hydrogen-bond acceptors (Lipinski definition) is 14. The van der Waals surface area contributed by atoms with Crippen LogP contribution in [0.5, 0.6) is 0 Å². The van der Waals surface area contributed by atoms with Gasteiger partial charge in [0.1, 0.15) is 49.0 Å². The number of methoxy groups -OCH3 is 1. The highest BCUT2D eigenvalue weighted by Gasteiger charge is 2.39. The quantitative estimate of drug-likeness (QED) is 0.0367. The zero-order chi connectivity index (χ0) is 59.3. The molecule has 25 heteroatoms. The molecule has 9 amide bonds. The number of nitrogens with zero attached hydrogens (tertiary/aromatic N) is 4. The molecule has 1 aliphatic rings. The number of benzene rings is 2. The van der Waals surface area contributed by atoms with Gasteiger partial charge in [-0.05, 0) is 61.9 Å². The van der Waals surface area contributed by atoms with E-state index in [-0.39, 0.29) is 56.8 Å².